The van der Waals surface area contributed by atoms with Gasteiger partial charge < -0.3 is 9.22 Å². The topological polar surface area (TPSA) is 9.23 Å². The van der Waals surface area contributed by atoms with Crippen molar-refractivity contribution in [2.45, 2.75) is 52.9 Å². The molecule has 0 N–H and O–H groups in total. The van der Waals surface area contributed by atoms with E-state index in [-0.39, 0.29) is 5.41 Å². The summed E-state index contributed by atoms with van der Waals surface area (Å²) >= 11 is 12.5. The summed E-state index contributed by atoms with van der Waals surface area (Å²) in [6, 6.07) is 12.3. The lowest BCUT2D eigenvalue weighted by atomic mass is 9.81. The minimum absolute atomic E-state index is 0.122. The van der Waals surface area contributed by atoms with Crippen molar-refractivity contribution in [3.05, 3.63) is 63.1 Å². The van der Waals surface area contributed by atoms with Crippen LogP contribution in [0, 0.1) is 0 Å². The molecule has 0 aliphatic carbocycles. The molecule has 0 aromatic heterocycles. The first-order chi connectivity index (χ1) is 13.6. The Morgan fingerprint density at radius 1 is 0.931 bits per heavy atom. The number of hydrogen-bond donors (Lipinski definition) is 0. The van der Waals surface area contributed by atoms with Gasteiger partial charge in [-0.05, 0) is 60.6 Å². The molecule has 2 aromatic carbocycles. The second kappa shape index (κ2) is 10.2. The van der Waals surface area contributed by atoms with Crippen molar-refractivity contribution >= 4 is 23.2 Å². The SMILES string of the molecule is CCC(C)(C)c1ccc(OCC[N+](C)(CC)CC)c(Cc2ccc(Cl)cc2Cl)c1. The smallest absolute Gasteiger partial charge is 0.137 e. The minimum Gasteiger partial charge on any atom is -0.487 e. The fraction of sp³-hybridized carbons (Fsp3) is 0.520. The molecule has 4 heteroatoms. The molecular formula is C25H36Cl2NO+. The van der Waals surface area contributed by atoms with Crippen molar-refractivity contribution in [2.24, 2.45) is 0 Å². The zero-order valence-corrected chi connectivity index (χ0v) is 20.3. The van der Waals surface area contributed by atoms with Crippen molar-refractivity contribution in [1.29, 1.82) is 0 Å². The molecule has 0 spiro atoms. The Labute approximate surface area is 187 Å². The Balaban J connectivity index is 2.31. The number of halogens is 2. The second-order valence-corrected chi connectivity index (χ2v) is 9.64. The van der Waals surface area contributed by atoms with E-state index in [9.17, 15) is 0 Å². The van der Waals surface area contributed by atoms with Gasteiger partial charge in [-0.1, -0.05) is 62.2 Å². The van der Waals surface area contributed by atoms with E-state index in [2.05, 4.69) is 59.9 Å². The van der Waals surface area contributed by atoms with Crippen LogP contribution in [0.3, 0.4) is 0 Å². The van der Waals surface area contributed by atoms with Crippen LogP contribution in [-0.2, 0) is 11.8 Å². The lowest BCUT2D eigenvalue weighted by Crippen LogP contribution is -2.46. The highest BCUT2D eigenvalue weighted by Gasteiger charge is 2.21. The van der Waals surface area contributed by atoms with Crippen LogP contribution in [0.5, 0.6) is 5.75 Å². The summed E-state index contributed by atoms with van der Waals surface area (Å²) < 4.78 is 7.30. The predicted molar refractivity (Wildman–Crippen MR) is 127 cm³/mol. The van der Waals surface area contributed by atoms with Crippen molar-refractivity contribution in [3.8, 4) is 5.75 Å². The third-order valence-corrected chi connectivity index (χ3v) is 7.12. The van der Waals surface area contributed by atoms with Gasteiger partial charge >= 0.3 is 0 Å². The largest absolute Gasteiger partial charge is 0.487 e. The van der Waals surface area contributed by atoms with Gasteiger partial charge in [-0.25, -0.2) is 0 Å². The number of nitrogens with zero attached hydrogens (tertiary/aromatic N) is 1. The van der Waals surface area contributed by atoms with Crippen LogP contribution in [0.2, 0.25) is 10.0 Å². The maximum atomic E-state index is 6.46. The number of rotatable bonds is 10. The van der Waals surface area contributed by atoms with Crippen LogP contribution in [0.1, 0.15) is 57.7 Å². The zero-order valence-electron chi connectivity index (χ0n) is 18.8. The normalized spacial score (nSPS) is 12.3. The van der Waals surface area contributed by atoms with E-state index >= 15 is 0 Å². The highest BCUT2D eigenvalue weighted by molar-refractivity contribution is 6.35. The van der Waals surface area contributed by atoms with Crippen molar-refractivity contribution in [1.82, 2.24) is 0 Å². The first-order valence-electron chi connectivity index (χ1n) is 10.7. The number of benzene rings is 2. The van der Waals surface area contributed by atoms with Gasteiger partial charge in [0.1, 0.15) is 18.9 Å². The molecule has 29 heavy (non-hydrogen) atoms. The molecule has 0 unspecified atom stereocenters. The van der Waals surface area contributed by atoms with Crippen LogP contribution in [0.15, 0.2) is 36.4 Å². The minimum atomic E-state index is 0.122. The Morgan fingerprint density at radius 2 is 1.62 bits per heavy atom. The first-order valence-corrected chi connectivity index (χ1v) is 11.4. The molecule has 0 saturated heterocycles. The summed E-state index contributed by atoms with van der Waals surface area (Å²) in [4.78, 5) is 0. The van der Waals surface area contributed by atoms with E-state index in [0.29, 0.717) is 16.7 Å². The van der Waals surface area contributed by atoms with Gasteiger partial charge in [-0.15, -0.1) is 0 Å². The summed E-state index contributed by atoms with van der Waals surface area (Å²) in [5.41, 5.74) is 3.69. The number of likely N-dealkylation sites (N-methyl/N-ethyl adjacent to an activating group) is 1. The van der Waals surface area contributed by atoms with E-state index in [4.69, 9.17) is 27.9 Å². The van der Waals surface area contributed by atoms with Gasteiger partial charge in [0.15, 0.2) is 0 Å². The highest BCUT2D eigenvalue weighted by atomic mass is 35.5. The Bertz CT molecular complexity index is 812. The van der Waals surface area contributed by atoms with E-state index in [0.717, 1.165) is 48.3 Å². The quantitative estimate of drug-likeness (QED) is 0.359. The monoisotopic (exact) mass is 436 g/mol. The molecule has 0 fully saturated rings. The van der Waals surface area contributed by atoms with E-state index in [1.54, 1.807) is 0 Å². The van der Waals surface area contributed by atoms with Gasteiger partial charge in [-0.3, -0.25) is 0 Å². The molecule has 0 aliphatic heterocycles. The molecule has 2 rings (SSSR count). The summed E-state index contributed by atoms with van der Waals surface area (Å²) in [6.07, 6.45) is 1.81. The summed E-state index contributed by atoms with van der Waals surface area (Å²) in [5, 5.41) is 1.36. The molecule has 2 aromatic rings. The van der Waals surface area contributed by atoms with E-state index in [1.165, 1.54) is 11.1 Å². The van der Waals surface area contributed by atoms with Gasteiger partial charge in [0.25, 0.3) is 0 Å². The molecule has 160 valence electrons. The van der Waals surface area contributed by atoms with Crippen molar-refractivity contribution < 1.29 is 9.22 Å². The van der Waals surface area contributed by atoms with Gasteiger partial charge in [0.05, 0.1) is 20.1 Å². The molecule has 0 aliphatic rings. The maximum Gasteiger partial charge on any atom is 0.137 e. The average Bonchev–Trinajstić information content (AvgIpc) is 2.70. The average molecular weight is 437 g/mol. The maximum absolute atomic E-state index is 6.46. The second-order valence-electron chi connectivity index (χ2n) is 8.80. The van der Waals surface area contributed by atoms with E-state index < -0.39 is 0 Å². The van der Waals surface area contributed by atoms with Crippen molar-refractivity contribution in [2.75, 3.05) is 33.3 Å². The number of ether oxygens (including phenoxy) is 1. The summed E-state index contributed by atoms with van der Waals surface area (Å²) in [6.45, 7) is 15.2. The molecule has 0 saturated carbocycles. The molecule has 2 nitrogen and oxygen atoms in total. The van der Waals surface area contributed by atoms with Crippen LogP contribution in [-0.4, -0.2) is 37.8 Å². The van der Waals surface area contributed by atoms with Gasteiger partial charge in [0.2, 0.25) is 0 Å². The standard InChI is InChI=1S/C25H36Cl2NO/c1-7-25(4,5)21-11-13-24(29-15-14-28(6,8-2)9-3)20(17-21)16-19-10-12-22(26)18-23(19)27/h10-13,17-18H,7-9,14-16H2,1-6H3/q+1. The predicted octanol–water partition coefficient (Wildman–Crippen LogP) is 7.14. The van der Waals surface area contributed by atoms with Crippen LogP contribution in [0.4, 0.5) is 0 Å². The molecule has 0 atom stereocenters. The van der Waals surface area contributed by atoms with Crippen LogP contribution < -0.4 is 4.74 Å². The fourth-order valence-electron chi connectivity index (χ4n) is 3.27. The fourth-order valence-corrected chi connectivity index (χ4v) is 3.74. The third kappa shape index (κ3) is 6.38. The van der Waals surface area contributed by atoms with Gasteiger partial charge in [0, 0.05) is 16.5 Å². The third-order valence-electron chi connectivity index (χ3n) is 6.54. The summed E-state index contributed by atoms with van der Waals surface area (Å²) in [5.74, 6) is 0.949. The Morgan fingerprint density at radius 3 is 2.21 bits per heavy atom. The van der Waals surface area contributed by atoms with Gasteiger partial charge in [-0.2, -0.15) is 0 Å². The number of quaternary nitrogens is 1. The summed E-state index contributed by atoms with van der Waals surface area (Å²) in [7, 11) is 2.28. The molecule has 0 amide bonds. The lowest BCUT2D eigenvalue weighted by Gasteiger charge is -2.32. The molecule has 0 heterocycles. The van der Waals surface area contributed by atoms with Crippen molar-refractivity contribution in [3.63, 3.8) is 0 Å². The number of hydrogen-bond acceptors (Lipinski definition) is 1. The first kappa shape index (κ1) is 24.1. The van der Waals surface area contributed by atoms with Crippen LogP contribution >= 0.6 is 23.2 Å². The van der Waals surface area contributed by atoms with Crippen LogP contribution in [0.25, 0.3) is 0 Å². The Hall–Kier alpha value is -1.22. The highest BCUT2D eigenvalue weighted by Crippen LogP contribution is 2.33. The van der Waals surface area contributed by atoms with E-state index in [1.807, 2.05) is 18.2 Å². The molecule has 0 bridgehead atoms. The lowest BCUT2D eigenvalue weighted by molar-refractivity contribution is -0.906. The Kier molecular flexibility index (Phi) is 8.46. The zero-order chi connectivity index (χ0) is 21.7. The molecule has 0 radical (unpaired) electrons. The molecular weight excluding hydrogens is 401 g/mol.